The third-order valence-electron chi connectivity index (χ3n) is 1.85. The minimum absolute atomic E-state index is 0.0665. The molecule has 0 spiro atoms. The smallest absolute Gasteiger partial charge is 0.453 e. The molecule has 0 unspecified atom stereocenters. The maximum atomic E-state index is 10.6. The van der Waals surface area contributed by atoms with E-state index in [0.717, 1.165) is 12.1 Å². The molecule has 8 nitrogen and oxygen atoms in total. The van der Waals surface area contributed by atoms with Gasteiger partial charge in [-0.1, -0.05) is 0 Å². The van der Waals surface area contributed by atoms with Crippen LogP contribution < -0.4 is 14.2 Å². The summed E-state index contributed by atoms with van der Waals surface area (Å²) in [6, 6.07) is 2.16. The molecule has 0 bridgehead atoms. The summed E-state index contributed by atoms with van der Waals surface area (Å²) in [5.41, 5.74) is -0.494. The summed E-state index contributed by atoms with van der Waals surface area (Å²) in [5.74, 6) is -0.00645. The van der Waals surface area contributed by atoms with Crippen molar-refractivity contribution >= 4 is 11.8 Å². The number of ether oxygens (including phenoxy) is 3. The Morgan fingerprint density at radius 2 is 2.06 bits per heavy atom. The molecule has 1 aliphatic rings. The van der Waals surface area contributed by atoms with E-state index in [-0.39, 0.29) is 18.3 Å². The molecule has 2 rings (SSSR count). The predicted octanol–water partition coefficient (Wildman–Crippen LogP) is 1.38. The first-order chi connectivity index (χ1) is 7.58. The van der Waals surface area contributed by atoms with E-state index in [1.54, 1.807) is 0 Å². The second-order valence-corrected chi connectivity index (χ2v) is 2.80. The molecule has 0 aromatic heterocycles. The maximum Gasteiger partial charge on any atom is 0.511 e. The van der Waals surface area contributed by atoms with Crippen LogP contribution in [0, 0.1) is 10.1 Å². The molecule has 1 N–H and O–H groups in total. The molecule has 1 aliphatic heterocycles. The first-order valence-corrected chi connectivity index (χ1v) is 4.07. The van der Waals surface area contributed by atoms with E-state index in [0.29, 0.717) is 0 Å². The van der Waals surface area contributed by atoms with E-state index < -0.39 is 22.5 Å². The van der Waals surface area contributed by atoms with Crippen molar-refractivity contribution in [2.75, 3.05) is 6.79 Å². The summed E-state index contributed by atoms with van der Waals surface area (Å²) in [6.07, 6.45) is -1.64. The van der Waals surface area contributed by atoms with Crippen LogP contribution in [0.4, 0.5) is 10.5 Å². The Balaban J connectivity index is 2.48. The molecule has 0 saturated heterocycles. The minimum atomic E-state index is -1.64. The topological polar surface area (TPSA) is 108 Å². The maximum absolute atomic E-state index is 10.6. The summed E-state index contributed by atoms with van der Waals surface area (Å²) in [5, 5.41) is 19.0. The first kappa shape index (κ1) is 10.0. The van der Waals surface area contributed by atoms with Gasteiger partial charge in [0, 0.05) is 6.07 Å². The van der Waals surface area contributed by atoms with Gasteiger partial charge in [-0.15, -0.1) is 0 Å². The van der Waals surface area contributed by atoms with Gasteiger partial charge in [-0.25, -0.2) is 4.79 Å². The van der Waals surface area contributed by atoms with E-state index in [1.165, 1.54) is 0 Å². The van der Waals surface area contributed by atoms with Crippen LogP contribution in [0.3, 0.4) is 0 Å². The normalized spacial score (nSPS) is 12.2. The largest absolute Gasteiger partial charge is 0.511 e. The third kappa shape index (κ3) is 1.67. The van der Waals surface area contributed by atoms with E-state index in [1.807, 2.05) is 0 Å². The summed E-state index contributed by atoms with van der Waals surface area (Å²) < 4.78 is 14.1. The lowest BCUT2D eigenvalue weighted by Gasteiger charge is -2.02. The van der Waals surface area contributed by atoms with Gasteiger partial charge in [-0.3, -0.25) is 10.1 Å². The van der Waals surface area contributed by atoms with Gasteiger partial charge >= 0.3 is 11.8 Å². The van der Waals surface area contributed by atoms with Crippen LogP contribution in [-0.4, -0.2) is 23.0 Å². The molecule has 1 aromatic rings. The molecule has 0 radical (unpaired) electrons. The summed E-state index contributed by atoms with van der Waals surface area (Å²) in [7, 11) is 0. The number of benzene rings is 1. The molecule has 84 valence electrons. The zero-order chi connectivity index (χ0) is 11.7. The van der Waals surface area contributed by atoms with Crippen LogP contribution in [0.1, 0.15) is 0 Å². The summed E-state index contributed by atoms with van der Waals surface area (Å²) in [6.45, 7) is -0.0665. The highest BCUT2D eigenvalue weighted by atomic mass is 16.7. The average Bonchev–Trinajstić information content (AvgIpc) is 2.62. The van der Waals surface area contributed by atoms with Crippen molar-refractivity contribution in [1.82, 2.24) is 0 Å². The van der Waals surface area contributed by atoms with Gasteiger partial charge < -0.3 is 19.3 Å². The first-order valence-electron chi connectivity index (χ1n) is 4.07. The van der Waals surface area contributed by atoms with Crippen LogP contribution in [0.2, 0.25) is 0 Å². The van der Waals surface area contributed by atoms with Gasteiger partial charge in [-0.2, -0.15) is 0 Å². The van der Waals surface area contributed by atoms with Gasteiger partial charge in [-0.05, 0) is 0 Å². The van der Waals surface area contributed by atoms with Crippen LogP contribution in [0.25, 0.3) is 0 Å². The quantitative estimate of drug-likeness (QED) is 0.351. The fraction of sp³-hybridized carbons (Fsp3) is 0.125. The molecule has 0 atom stereocenters. The Hall–Kier alpha value is -2.51. The monoisotopic (exact) mass is 227 g/mol. The Morgan fingerprint density at radius 1 is 1.44 bits per heavy atom. The van der Waals surface area contributed by atoms with Crippen molar-refractivity contribution in [2.24, 2.45) is 0 Å². The average molecular weight is 227 g/mol. The van der Waals surface area contributed by atoms with Crippen LogP contribution in [0.15, 0.2) is 12.1 Å². The zero-order valence-corrected chi connectivity index (χ0v) is 7.71. The van der Waals surface area contributed by atoms with Crippen molar-refractivity contribution < 1.29 is 29.0 Å². The Labute approximate surface area is 88.1 Å². The van der Waals surface area contributed by atoms with Crippen LogP contribution in [0.5, 0.6) is 17.2 Å². The lowest BCUT2D eigenvalue weighted by atomic mass is 10.2. The molecule has 16 heavy (non-hydrogen) atoms. The zero-order valence-electron chi connectivity index (χ0n) is 7.71. The van der Waals surface area contributed by atoms with Gasteiger partial charge in [0.1, 0.15) is 0 Å². The van der Waals surface area contributed by atoms with Crippen molar-refractivity contribution in [3.8, 4) is 17.2 Å². The molecular weight excluding hydrogens is 222 g/mol. The standard InChI is InChI=1S/C8H5NO7/c10-8(11)16-5-2-7-6(14-3-15-7)1-4(5)9(12)13/h1-2H,3H2,(H,10,11). The molecule has 1 heterocycles. The summed E-state index contributed by atoms with van der Waals surface area (Å²) >= 11 is 0. The SMILES string of the molecule is O=C(O)Oc1cc2c(cc1[N+](=O)[O-])OCO2. The number of carboxylic acid groups (broad SMARTS) is 1. The number of rotatable bonds is 2. The second kappa shape index (κ2) is 3.57. The second-order valence-electron chi connectivity index (χ2n) is 2.80. The molecule has 1 aromatic carbocycles. The fourth-order valence-corrected chi connectivity index (χ4v) is 1.23. The van der Waals surface area contributed by atoms with E-state index in [9.17, 15) is 14.9 Å². The van der Waals surface area contributed by atoms with Crippen molar-refractivity contribution in [3.63, 3.8) is 0 Å². The van der Waals surface area contributed by atoms with Gasteiger partial charge in [0.2, 0.25) is 12.5 Å². The number of nitrogens with zero attached hydrogens (tertiary/aromatic N) is 1. The van der Waals surface area contributed by atoms with E-state index in [2.05, 4.69) is 4.74 Å². The Kier molecular flexibility index (Phi) is 2.24. The molecular formula is C8H5NO7. The number of nitro benzene ring substituents is 1. The molecule has 8 heteroatoms. The molecule has 0 saturated carbocycles. The number of hydrogen-bond acceptors (Lipinski definition) is 6. The van der Waals surface area contributed by atoms with Crippen molar-refractivity contribution in [2.45, 2.75) is 0 Å². The predicted molar refractivity (Wildman–Crippen MR) is 47.9 cm³/mol. The van der Waals surface area contributed by atoms with Gasteiger partial charge in [0.15, 0.2) is 11.5 Å². The lowest BCUT2D eigenvalue weighted by Crippen LogP contribution is -2.05. The third-order valence-corrected chi connectivity index (χ3v) is 1.85. The molecule has 0 fully saturated rings. The van der Waals surface area contributed by atoms with Crippen molar-refractivity contribution in [3.05, 3.63) is 22.2 Å². The number of nitro groups is 1. The number of fused-ring (bicyclic) bond motifs is 1. The number of hydrogen-bond donors (Lipinski definition) is 1. The Morgan fingerprint density at radius 3 is 2.62 bits per heavy atom. The fourth-order valence-electron chi connectivity index (χ4n) is 1.23. The molecule has 0 aliphatic carbocycles. The van der Waals surface area contributed by atoms with E-state index in [4.69, 9.17) is 14.6 Å². The van der Waals surface area contributed by atoms with Gasteiger partial charge in [0.25, 0.3) is 0 Å². The molecule has 0 amide bonds. The number of carbonyl (C=O) groups is 1. The van der Waals surface area contributed by atoms with Crippen LogP contribution >= 0.6 is 0 Å². The highest BCUT2D eigenvalue weighted by molar-refractivity contribution is 5.67. The van der Waals surface area contributed by atoms with Crippen LogP contribution in [-0.2, 0) is 0 Å². The summed E-state index contributed by atoms with van der Waals surface area (Å²) in [4.78, 5) is 20.2. The minimum Gasteiger partial charge on any atom is -0.453 e. The highest BCUT2D eigenvalue weighted by Gasteiger charge is 2.25. The highest BCUT2D eigenvalue weighted by Crippen LogP contribution is 2.41. The Bertz CT molecular complexity index is 470. The van der Waals surface area contributed by atoms with Crippen molar-refractivity contribution in [1.29, 1.82) is 0 Å². The lowest BCUT2D eigenvalue weighted by molar-refractivity contribution is -0.385. The van der Waals surface area contributed by atoms with E-state index >= 15 is 0 Å². The van der Waals surface area contributed by atoms with Gasteiger partial charge in [0.05, 0.1) is 11.0 Å².